The SMILES string of the molecule is CCC(C)C.Cc1cc(CNc2cnsn2)oc1C.Nc1cccc(C(=O)N2CCCC(O)C2)c1O. The molecule has 0 bridgehead atoms. The van der Waals surface area contributed by atoms with E-state index >= 15 is 0 Å². The van der Waals surface area contributed by atoms with Crippen LogP contribution in [0.15, 0.2) is 34.9 Å². The van der Waals surface area contributed by atoms with Gasteiger partial charge in [-0.1, -0.05) is 33.3 Å². The minimum Gasteiger partial charge on any atom is -0.505 e. The highest BCUT2D eigenvalue weighted by Gasteiger charge is 2.25. The lowest BCUT2D eigenvalue weighted by Crippen LogP contribution is -2.42. The molecule has 1 atom stereocenters. The second-order valence-corrected chi connectivity index (χ2v) is 9.75. The van der Waals surface area contributed by atoms with Gasteiger partial charge in [-0.15, -0.1) is 0 Å². The summed E-state index contributed by atoms with van der Waals surface area (Å²) >= 11 is 1.19. The molecular weight excluding hydrogens is 478 g/mol. The number of likely N-dealkylation sites (tertiary alicyclic amines) is 1. The Morgan fingerprint density at radius 3 is 2.64 bits per heavy atom. The van der Waals surface area contributed by atoms with Gasteiger partial charge in [-0.2, -0.15) is 8.75 Å². The molecule has 1 amide bonds. The first-order chi connectivity index (χ1) is 17.1. The van der Waals surface area contributed by atoms with Crippen LogP contribution in [0.25, 0.3) is 0 Å². The van der Waals surface area contributed by atoms with E-state index in [1.54, 1.807) is 17.2 Å². The lowest BCUT2D eigenvalue weighted by atomic mass is 10.1. The topological polar surface area (TPSA) is 138 Å². The zero-order valence-corrected chi connectivity index (χ0v) is 22.6. The standard InChI is InChI=1S/C12H16N2O3.C9H11N3OS.C5H12/c13-10-5-1-4-9(11(10)16)12(17)14-6-2-3-8(15)7-14;1-6-3-8(13-7(6)2)4-10-9-5-11-14-12-9;1-4-5(2)3/h1,4-5,8,15-16H,2-3,6-7,13H2;3,5H,4H2,1-2H3,(H,10,12);5H,4H2,1-3H3. The largest absolute Gasteiger partial charge is 0.505 e. The number of hydrogen-bond acceptors (Lipinski definition) is 9. The number of nitrogens with one attached hydrogen (secondary N) is 1. The molecule has 9 nitrogen and oxygen atoms in total. The van der Waals surface area contributed by atoms with Gasteiger partial charge in [0.05, 0.1) is 41.8 Å². The van der Waals surface area contributed by atoms with E-state index in [4.69, 9.17) is 10.2 Å². The van der Waals surface area contributed by atoms with Crippen LogP contribution in [-0.4, -0.2) is 49.0 Å². The lowest BCUT2D eigenvalue weighted by molar-refractivity contribution is 0.0471. The van der Waals surface area contributed by atoms with E-state index in [-0.39, 0.29) is 22.9 Å². The van der Waals surface area contributed by atoms with E-state index in [0.717, 1.165) is 29.7 Å². The summed E-state index contributed by atoms with van der Waals surface area (Å²) in [6, 6.07) is 6.73. The van der Waals surface area contributed by atoms with Crippen molar-refractivity contribution in [1.29, 1.82) is 0 Å². The maximum absolute atomic E-state index is 12.1. The predicted molar refractivity (Wildman–Crippen MR) is 144 cm³/mol. The van der Waals surface area contributed by atoms with Crippen LogP contribution in [0.4, 0.5) is 11.5 Å². The number of carbonyl (C=O) groups excluding carboxylic acids is 1. The van der Waals surface area contributed by atoms with Gasteiger partial charge in [0.1, 0.15) is 11.5 Å². The number of aromatic hydroxyl groups is 1. The number of phenolic OH excluding ortho intramolecular Hbond substituents is 1. The van der Waals surface area contributed by atoms with Crippen LogP contribution in [-0.2, 0) is 6.54 Å². The summed E-state index contributed by atoms with van der Waals surface area (Å²) in [5.74, 6) is 3.11. The number of β-amino-alcohol motifs (C(OH)–C–C–N with tert-alkyl or cyclic N) is 1. The zero-order valence-electron chi connectivity index (χ0n) is 21.8. The van der Waals surface area contributed by atoms with Crippen molar-refractivity contribution in [2.45, 2.75) is 66.5 Å². The van der Waals surface area contributed by atoms with Crippen molar-refractivity contribution in [2.75, 3.05) is 24.1 Å². The van der Waals surface area contributed by atoms with Crippen molar-refractivity contribution in [3.8, 4) is 5.75 Å². The molecule has 2 aromatic heterocycles. The molecule has 3 aromatic rings. The number of aromatic nitrogens is 2. The number of furan rings is 1. The van der Waals surface area contributed by atoms with Gasteiger partial charge in [0.25, 0.3) is 5.91 Å². The minimum atomic E-state index is -0.476. The molecule has 1 unspecified atom stereocenters. The van der Waals surface area contributed by atoms with Gasteiger partial charge in [-0.25, -0.2) is 0 Å². The Bertz CT molecular complexity index is 1050. The first-order valence-corrected chi connectivity index (χ1v) is 13.0. The molecular formula is C26H39N5O4S. The van der Waals surface area contributed by atoms with Crippen molar-refractivity contribution >= 4 is 29.1 Å². The molecule has 1 aromatic carbocycles. The average molecular weight is 518 g/mol. The second kappa shape index (κ2) is 14.4. The van der Waals surface area contributed by atoms with Gasteiger partial charge in [-0.3, -0.25) is 4.79 Å². The van der Waals surface area contributed by atoms with E-state index in [2.05, 4.69) is 34.8 Å². The third-order valence-electron chi connectivity index (χ3n) is 5.82. The van der Waals surface area contributed by atoms with Gasteiger partial charge in [0, 0.05) is 13.1 Å². The molecule has 1 fully saturated rings. The first kappa shape index (κ1) is 29.1. The molecule has 0 saturated carbocycles. The lowest BCUT2D eigenvalue weighted by Gasteiger charge is -2.30. The summed E-state index contributed by atoms with van der Waals surface area (Å²) in [6.45, 7) is 12.2. The third kappa shape index (κ3) is 9.16. The first-order valence-electron chi connectivity index (χ1n) is 12.2. The number of aliphatic hydroxyl groups excluding tert-OH is 1. The van der Waals surface area contributed by atoms with Crippen molar-refractivity contribution in [2.24, 2.45) is 5.92 Å². The number of nitrogens with zero attached hydrogens (tertiary/aromatic N) is 3. The molecule has 1 saturated heterocycles. The van der Waals surface area contributed by atoms with Crippen molar-refractivity contribution in [3.63, 3.8) is 0 Å². The maximum Gasteiger partial charge on any atom is 0.257 e. The molecule has 36 heavy (non-hydrogen) atoms. The zero-order chi connectivity index (χ0) is 26.7. The predicted octanol–water partition coefficient (Wildman–Crippen LogP) is 4.98. The van der Waals surface area contributed by atoms with Gasteiger partial charge < -0.3 is 30.6 Å². The van der Waals surface area contributed by atoms with Crippen LogP contribution in [0.5, 0.6) is 5.75 Å². The quantitative estimate of drug-likeness (QED) is 0.274. The molecule has 0 aliphatic carbocycles. The number of para-hydroxylation sites is 1. The monoisotopic (exact) mass is 517 g/mol. The summed E-state index contributed by atoms with van der Waals surface area (Å²) in [4.78, 5) is 13.7. The normalized spacial score (nSPS) is 15.0. The number of amides is 1. The van der Waals surface area contributed by atoms with E-state index in [9.17, 15) is 15.0 Å². The number of carbonyl (C=O) groups is 1. The number of phenols is 1. The summed E-state index contributed by atoms with van der Waals surface area (Å²) in [7, 11) is 0. The fourth-order valence-corrected chi connectivity index (χ4v) is 3.59. The number of nitrogen functional groups attached to an aromatic ring is 1. The van der Waals surface area contributed by atoms with E-state index in [1.807, 2.05) is 19.9 Å². The Hall–Kier alpha value is -3.11. The van der Waals surface area contributed by atoms with E-state index in [1.165, 1.54) is 35.8 Å². The van der Waals surface area contributed by atoms with Crippen LogP contribution in [0.1, 0.15) is 67.5 Å². The van der Waals surface area contributed by atoms with Crippen LogP contribution in [0, 0.1) is 19.8 Å². The fourth-order valence-electron chi connectivity index (χ4n) is 3.20. The Labute approximate surface area is 217 Å². The molecule has 0 spiro atoms. The highest BCUT2D eigenvalue weighted by atomic mass is 32.1. The highest BCUT2D eigenvalue weighted by Crippen LogP contribution is 2.26. The van der Waals surface area contributed by atoms with E-state index in [0.29, 0.717) is 26.1 Å². The number of benzene rings is 1. The molecule has 0 radical (unpaired) electrons. The Morgan fingerprint density at radius 2 is 2.08 bits per heavy atom. The Morgan fingerprint density at radius 1 is 1.36 bits per heavy atom. The number of aliphatic hydroxyl groups is 1. The Kier molecular flexibility index (Phi) is 11.7. The molecule has 198 valence electrons. The van der Waals surface area contributed by atoms with Crippen LogP contribution < -0.4 is 11.1 Å². The molecule has 1 aliphatic heterocycles. The summed E-state index contributed by atoms with van der Waals surface area (Å²) in [5, 5.41) is 22.4. The highest BCUT2D eigenvalue weighted by molar-refractivity contribution is 6.99. The third-order valence-corrected chi connectivity index (χ3v) is 6.30. The van der Waals surface area contributed by atoms with Crippen molar-refractivity contribution < 1.29 is 19.4 Å². The molecule has 1 aliphatic rings. The number of anilines is 2. The number of rotatable bonds is 5. The second-order valence-electron chi connectivity index (χ2n) is 9.19. The number of nitrogens with two attached hydrogens (primary N) is 1. The van der Waals surface area contributed by atoms with Crippen LogP contribution in [0.2, 0.25) is 0 Å². The minimum absolute atomic E-state index is 0.183. The molecule has 3 heterocycles. The summed E-state index contributed by atoms with van der Waals surface area (Å²) in [6.07, 6.45) is 4.02. The number of aryl methyl sites for hydroxylation is 2. The van der Waals surface area contributed by atoms with Gasteiger partial charge in [0.15, 0.2) is 11.6 Å². The van der Waals surface area contributed by atoms with E-state index < -0.39 is 6.10 Å². The molecule has 4 rings (SSSR count). The van der Waals surface area contributed by atoms with Crippen LogP contribution in [0.3, 0.4) is 0 Å². The van der Waals surface area contributed by atoms with Crippen molar-refractivity contribution in [3.05, 3.63) is 53.1 Å². The Balaban J connectivity index is 0.000000217. The molecule has 5 N–H and O–H groups in total. The van der Waals surface area contributed by atoms with Crippen LogP contribution >= 0.6 is 11.7 Å². The average Bonchev–Trinajstić information content (AvgIpc) is 3.49. The number of hydrogen-bond donors (Lipinski definition) is 4. The fraction of sp³-hybridized carbons (Fsp3) is 0.500. The van der Waals surface area contributed by atoms with Gasteiger partial charge in [-0.05, 0) is 56.4 Å². The smallest absolute Gasteiger partial charge is 0.257 e. The summed E-state index contributed by atoms with van der Waals surface area (Å²) < 4.78 is 13.4. The maximum atomic E-state index is 12.1. The molecule has 10 heteroatoms. The van der Waals surface area contributed by atoms with Gasteiger partial charge in [0.2, 0.25) is 0 Å². The number of piperidine rings is 1. The summed E-state index contributed by atoms with van der Waals surface area (Å²) in [5.41, 5.74) is 7.11. The van der Waals surface area contributed by atoms with Crippen molar-refractivity contribution in [1.82, 2.24) is 13.6 Å². The van der Waals surface area contributed by atoms with Gasteiger partial charge >= 0.3 is 0 Å².